The van der Waals surface area contributed by atoms with Crippen LogP contribution in [0.5, 0.6) is 0 Å². The topological polar surface area (TPSA) is 54.2 Å². The summed E-state index contributed by atoms with van der Waals surface area (Å²) in [5, 5.41) is 0.868. The number of halogens is 1. The highest BCUT2D eigenvalue weighted by atomic mass is 79.9. The number of carbonyl (C=O) groups is 1. The number of alkyl halides is 1. The lowest BCUT2D eigenvalue weighted by molar-refractivity contribution is -0.110. The van der Waals surface area contributed by atoms with Crippen molar-refractivity contribution in [3.05, 3.63) is 29.8 Å². The Hall–Kier alpha value is -0.720. The average Bonchev–Trinajstić information content (AvgIpc) is 3.16. The summed E-state index contributed by atoms with van der Waals surface area (Å²) < 4.78 is 26.3. The number of rotatable bonds is 7. The van der Waals surface area contributed by atoms with Crippen molar-refractivity contribution in [1.29, 1.82) is 0 Å². The monoisotopic (exact) mass is 359 g/mol. The van der Waals surface area contributed by atoms with E-state index in [4.69, 9.17) is 0 Å². The molecule has 1 aliphatic heterocycles. The summed E-state index contributed by atoms with van der Waals surface area (Å²) in [5.41, 5.74) is 0.194. The fourth-order valence-corrected chi connectivity index (χ4v) is 4.40. The quantitative estimate of drug-likeness (QED) is 0.325. The normalized spacial score (nSPS) is 25.4. The second-order valence-corrected chi connectivity index (χ2v) is 7.85. The standard InChI is InChI=1S/C14H18BrNO3S/c1-12-4-6-13(7-5-12)20(18,19)16-10-14(16,11-17)8-2-3-9-15/h4-7,11H,2-3,8-10H2,1H3/t14-,16?/m0/s1. The van der Waals surface area contributed by atoms with E-state index in [9.17, 15) is 13.2 Å². The van der Waals surface area contributed by atoms with Gasteiger partial charge >= 0.3 is 0 Å². The minimum atomic E-state index is -3.55. The highest BCUT2D eigenvalue weighted by Gasteiger charge is 2.58. The fourth-order valence-electron chi connectivity index (χ4n) is 2.26. The van der Waals surface area contributed by atoms with Crippen molar-refractivity contribution < 1.29 is 13.2 Å². The summed E-state index contributed by atoms with van der Waals surface area (Å²) in [6.07, 6.45) is 3.15. The van der Waals surface area contributed by atoms with Gasteiger partial charge in [0.15, 0.2) is 0 Å². The van der Waals surface area contributed by atoms with E-state index in [1.807, 2.05) is 6.92 Å². The van der Waals surface area contributed by atoms with Crippen LogP contribution in [0.15, 0.2) is 29.2 Å². The average molecular weight is 360 g/mol. The molecule has 1 heterocycles. The van der Waals surface area contributed by atoms with Crippen molar-refractivity contribution in [2.75, 3.05) is 11.9 Å². The first-order valence-corrected chi connectivity index (χ1v) is 9.14. The van der Waals surface area contributed by atoms with Crippen LogP contribution in [0, 0.1) is 6.92 Å². The molecule has 0 aromatic heterocycles. The molecule has 110 valence electrons. The predicted molar refractivity (Wildman–Crippen MR) is 81.5 cm³/mol. The molecular formula is C14H18BrNO3S. The molecule has 2 atom stereocenters. The number of aryl methyl sites for hydroxylation is 1. The van der Waals surface area contributed by atoms with Gasteiger partial charge in [0.1, 0.15) is 11.8 Å². The van der Waals surface area contributed by atoms with Gasteiger partial charge in [-0.1, -0.05) is 40.0 Å². The Morgan fingerprint density at radius 3 is 2.50 bits per heavy atom. The van der Waals surface area contributed by atoms with Crippen LogP contribution in [0.2, 0.25) is 0 Å². The lowest BCUT2D eigenvalue weighted by Gasteiger charge is -2.12. The number of nitrogens with zero attached hydrogens (tertiary/aromatic N) is 1. The smallest absolute Gasteiger partial charge is 0.244 e. The SMILES string of the molecule is Cc1ccc(S(=O)(=O)N2C[C@]2(C=O)CCCCBr)cc1. The zero-order chi connectivity index (χ0) is 14.8. The van der Waals surface area contributed by atoms with Crippen LogP contribution in [-0.4, -0.2) is 36.4 Å². The minimum absolute atomic E-state index is 0.257. The van der Waals surface area contributed by atoms with Gasteiger partial charge in [-0.2, -0.15) is 4.31 Å². The van der Waals surface area contributed by atoms with Crippen molar-refractivity contribution in [3.63, 3.8) is 0 Å². The Kier molecular flexibility index (Phi) is 4.66. The van der Waals surface area contributed by atoms with Gasteiger partial charge in [-0.25, -0.2) is 8.42 Å². The van der Waals surface area contributed by atoms with Crippen LogP contribution >= 0.6 is 15.9 Å². The molecule has 1 fully saturated rings. The van der Waals surface area contributed by atoms with E-state index >= 15 is 0 Å². The van der Waals surface area contributed by atoms with E-state index in [0.717, 1.165) is 30.0 Å². The molecule has 0 aliphatic carbocycles. The number of hydrogen-bond donors (Lipinski definition) is 0. The van der Waals surface area contributed by atoms with Crippen LogP contribution in [0.25, 0.3) is 0 Å². The van der Waals surface area contributed by atoms with Gasteiger partial charge in [-0.15, -0.1) is 0 Å². The Morgan fingerprint density at radius 2 is 1.95 bits per heavy atom. The van der Waals surface area contributed by atoms with Gasteiger partial charge in [0, 0.05) is 11.9 Å². The Balaban J connectivity index is 2.15. The van der Waals surface area contributed by atoms with Crippen LogP contribution in [0.1, 0.15) is 24.8 Å². The fraction of sp³-hybridized carbons (Fsp3) is 0.500. The van der Waals surface area contributed by atoms with E-state index in [0.29, 0.717) is 13.0 Å². The first-order valence-electron chi connectivity index (χ1n) is 6.58. The molecule has 0 radical (unpaired) electrons. The molecule has 0 spiro atoms. The van der Waals surface area contributed by atoms with Crippen molar-refractivity contribution in [2.24, 2.45) is 0 Å². The summed E-state index contributed by atoms with van der Waals surface area (Å²) in [6.45, 7) is 2.21. The minimum Gasteiger partial charge on any atom is -0.301 e. The molecular weight excluding hydrogens is 342 g/mol. The molecule has 0 bridgehead atoms. The highest BCUT2D eigenvalue weighted by Crippen LogP contribution is 2.40. The van der Waals surface area contributed by atoms with E-state index < -0.39 is 15.6 Å². The summed E-state index contributed by atoms with van der Waals surface area (Å²) >= 11 is 3.34. The maximum atomic E-state index is 12.5. The first kappa shape index (κ1) is 15.7. The van der Waals surface area contributed by atoms with Gasteiger partial charge in [0.25, 0.3) is 0 Å². The lowest BCUT2D eigenvalue weighted by Crippen LogP contribution is -2.25. The third-order valence-electron chi connectivity index (χ3n) is 3.63. The van der Waals surface area contributed by atoms with Crippen molar-refractivity contribution in [1.82, 2.24) is 4.31 Å². The van der Waals surface area contributed by atoms with Crippen LogP contribution in [0.4, 0.5) is 0 Å². The van der Waals surface area contributed by atoms with E-state index in [1.54, 1.807) is 24.3 Å². The second kappa shape index (κ2) is 5.95. The molecule has 0 saturated carbocycles. The second-order valence-electron chi connectivity index (χ2n) is 5.19. The van der Waals surface area contributed by atoms with Gasteiger partial charge in [-0.05, 0) is 31.9 Å². The van der Waals surface area contributed by atoms with Crippen LogP contribution < -0.4 is 0 Å². The molecule has 0 amide bonds. The Morgan fingerprint density at radius 1 is 1.30 bits per heavy atom. The largest absolute Gasteiger partial charge is 0.301 e. The van der Waals surface area contributed by atoms with E-state index in [1.165, 1.54) is 4.31 Å². The number of unbranched alkanes of at least 4 members (excludes halogenated alkanes) is 1. The predicted octanol–water partition coefficient (Wildman–Crippen LogP) is 2.50. The first-order chi connectivity index (χ1) is 9.46. The zero-order valence-corrected chi connectivity index (χ0v) is 13.8. The zero-order valence-electron chi connectivity index (χ0n) is 11.4. The molecule has 1 saturated heterocycles. The number of benzene rings is 1. The Bertz CT molecular complexity index is 585. The lowest BCUT2D eigenvalue weighted by atomic mass is 10.0. The van der Waals surface area contributed by atoms with Gasteiger partial charge in [-0.3, -0.25) is 0 Å². The Labute approximate surface area is 128 Å². The van der Waals surface area contributed by atoms with Crippen molar-refractivity contribution >= 4 is 32.2 Å². The van der Waals surface area contributed by atoms with Gasteiger partial charge in [0.2, 0.25) is 10.0 Å². The number of aldehydes is 1. The molecule has 1 aromatic rings. The molecule has 6 heteroatoms. The highest BCUT2D eigenvalue weighted by molar-refractivity contribution is 9.09. The summed E-state index contributed by atoms with van der Waals surface area (Å²) in [4.78, 5) is 11.6. The molecule has 1 aliphatic rings. The van der Waals surface area contributed by atoms with E-state index in [-0.39, 0.29) is 4.90 Å². The molecule has 2 rings (SSSR count). The molecule has 1 unspecified atom stereocenters. The number of hydrogen-bond acceptors (Lipinski definition) is 3. The number of carbonyl (C=O) groups excluding carboxylic acids is 1. The van der Waals surface area contributed by atoms with Crippen molar-refractivity contribution in [2.45, 2.75) is 36.6 Å². The summed E-state index contributed by atoms with van der Waals surface area (Å²) in [7, 11) is -3.55. The molecule has 0 N–H and O–H groups in total. The molecule has 4 nitrogen and oxygen atoms in total. The number of sulfonamides is 1. The molecule has 1 aromatic carbocycles. The maximum Gasteiger partial charge on any atom is 0.244 e. The molecule has 20 heavy (non-hydrogen) atoms. The van der Waals surface area contributed by atoms with Crippen LogP contribution in [-0.2, 0) is 14.8 Å². The van der Waals surface area contributed by atoms with Crippen LogP contribution in [0.3, 0.4) is 0 Å². The van der Waals surface area contributed by atoms with Gasteiger partial charge < -0.3 is 4.79 Å². The van der Waals surface area contributed by atoms with Gasteiger partial charge in [0.05, 0.1) is 4.90 Å². The third-order valence-corrected chi connectivity index (χ3v) is 6.13. The van der Waals surface area contributed by atoms with Crippen molar-refractivity contribution in [3.8, 4) is 0 Å². The third kappa shape index (κ3) is 2.97. The summed E-state index contributed by atoms with van der Waals surface area (Å²) in [5.74, 6) is 0. The maximum absolute atomic E-state index is 12.5. The summed E-state index contributed by atoms with van der Waals surface area (Å²) in [6, 6.07) is 6.72. The van der Waals surface area contributed by atoms with E-state index in [2.05, 4.69) is 15.9 Å².